The lowest BCUT2D eigenvalue weighted by atomic mass is 10.2. The van der Waals surface area contributed by atoms with E-state index in [0.29, 0.717) is 23.4 Å². The van der Waals surface area contributed by atoms with E-state index in [9.17, 15) is 9.59 Å². The molecular formula is C20H19N7O3. The van der Waals surface area contributed by atoms with Crippen molar-refractivity contribution in [3.63, 3.8) is 0 Å². The molecule has 3 heterocycles. The summed E-state index contributed by atoms with van der Waals surface area (Å²) >= 11 is 0. The van der Waals surface area contributed by atoms with Crippen molar-refractivity contribution >= 4 is 16.8 Å². The van der Waals surface area contributed by atoms with E-state index in [2.05, 4.69) is 35.5 Å². The second-order valence-corrected chi connectivity index (χ2v) is 6.50. The lowest BCUT2D eigenvalue weighted by Crippen LogP contribution is -2.27. The predicted molar refractivity (Wildman–Crippen MR) is 108 cm³/mol. The topological polar surface area (TPSA) is 139 Å². The highest BCUT2D eigenvalue weighted by Gasteiger charge is 2.11. The van der Waals surface area contributed by atoms with Gasteiger partial charge in [-0.05, 0) is 30.2 Å². The first-order valence-electron chi connectivity index (χ1n) is 9.38. The highest BCUT2D eigenvalue weighted by molar-refractivity contribution is 5.92. The maximum absolute atomic E-state index is 12.4. The van der Waals surface area contributed by atoms with E-state index in [4.69, 9.17) is 4.74 Å². The number of carbonyl (C=O) groups excluding carboxylic acids is 1. The highest BCUT2D eigenvalue weighted by atomic mass is 16.5. The van der Waals surface area contributed by atoms with Crippen LogP contribution in [0.3, 0.4) is 0 Å². The number of amides is 1. The third-order valence-electron chi connectivity index (χ3n) is 4.35. The maximum atomic E-state index is 12.4. The smallest absolute Gasteiger partial charge is 0.287 e. The molecule has 0 saturated heterocycles. The molecule has 3 N–H and O–H groups in total. The number of aryl methyl sites for hydroxylation is 1. The van der Waals surface area contributed by atoms with Crippen molar-refractivity contribution in [2.75, 3.05) is 6.61 Å². The van der Waals surface area contributed by atoms with Gasteiger partial charge in [-0.15, -0.1) is 0 Å². The molecule has 3 aromatic heterocycles. The number of nitrogens with one attached hydrogen (secondary N) is 3. The fourth-order valence-electron chi connectivity index (χ4n) is 2.87. The monoisotopic (exact) mass is 405 g/mol. The van der Waals surface area contributed by atoms with Crippen molar-refractivity contribution in [1.82, 2.24) is 35.5 Å². The molecule has 10 heteroatoms. The zero-order chi connectivity index (χ0) is 20.8. The van der Waals surface area contributed by atoms with Crippen molar-refractivity contribution in [3.8, 4) is 5.88 Å². The summed E-state index contributed by atoms with van der Waals surface area (Å²) in [6.07, 6.45) is 4.58. The highest BCUT2D eigenvalue weighted by Crippen LogP contribution is 2.10. The summed E-state index contributed by atoms with van der Waals surface area (Å²) in [5.41, 5.74) is 0.929. The molecule has 0 radical (unpaired) electrons. The van der Waals surface area contributed by atoms with Crippen LogP contribution in [-0.2, 0) is 13.0 Å². The standard InChI is InChI=1S/C20H19N7O3/c28-19-14-4-1-2-5-15(14)25-18(26-19)20(29)22-11-13-7-8-21-17(10-13)30-9-3-6-16-23-12-24-27-16/h1-2,4-5,7-8,10,12H,3,6,9,11H2,(H,22,29)(H,23,24,27)(H,25,26,28). The first-order valence-corrected chi connectivity index (χ1v) is 9.38. The number of H-pyrrole nitrogens is 2. The number of aromatic amines is 2. The molecule has 0 fully saturated rings. The van der Waals surface area contributed by atoms with E-state index < -0.39 is 5.91 Å². The number of carbonyl (C=O) groups is 1. The van der Waals surface area contributed by atoms with E-state index in [0.717, 1.165) is 24.2 Å². The molecule has 0 saturated carbocycles. The van der Waals surface area contributed by atoms with Crippen LogP contribution in [0.1, 0.15) is 28.4 Å². The maximum Gasteiger partial charge on any atom is 0.287 e. The third kappa shape index (κ3) is 4.66. The second-order valence-electron chi connectivity index (χ2n) is 6.50. The minimum atomic E-state index is -0.468. The number of pyridine rings is 1. The number of para-hydroxylation sites is 1. The van der Waals surface area contributed by atoms with Crippen LogP contribution in [0.15, 0.2) is 53.7 Å². The molecular weight excluding hydrogens is 386 g/mol. The van der Waals surface area contributed by atoms with E-state index in [1.165, 1.54) is 6.33 Å². The molecule has 30 heavy (non-hydrogen) atoms. The fourth-order valence-corrected chi connectivity index (χ4v) is 2.87. The van der Waals surface area contributed by atoms with Gasteiger partial charge in [0, 0.05) is 25.2 Å². The number of ether oxygens (including phenoxy) is 1. The summed E-state index contributed by atoms with van der Waals surface area (Å²) in [7, 11) is 0. The summed E-state index contributed by atoms with van der Waals surface area (Å²) in [6.45, 7) is 0.720. The number of aromatic nitrogens is 6. The van der Waals surface area contributed by atoms with Gasteiger partial charge >= 0.3 is 0 Å². The van der Waals surface area contributed by atoms with Crippen LogP contribution in [0.2, 0.25) is 0 Å². The molecule has 0 aliphatic carbocycles. The Hall–Kier alpha value is -4.08. The van der Waals surface area contributed by atoms with Gasteiger partial charge < -0.3 is 15.0 Å². The summed E-state index contributed by atoms with van der Waals surface area (Å²) in [6, 6.07) is 10.4. The molecule has 0 atom stereocenters. The first kappa shape index (κ1) is 19.2. The molecule has 0 aliphatic heterocycles. The van der Waals surface area contributed by atoms with Crippen molar-refractivity contribution in [2.24, 2.45) is 0 Å². The van der Waals surface area contributed by atoms with Crippen LogP contribution in [0, 0.1) is 0 Å². The summed E-state index contributed by atoms with van der Waals surface area (Å²) in [4.78, 5) is 39.5. The largest absolute Gasteiger partial charge is 0.478 e. The Morgan fingerprint density at radius 2 is 2.07 bits per heavy atom. The van der Waals surface area contributed by atoms with Crippen molar-refractivity contribution in [3.05, 3.63) is 76.5 Å². The van der Waals surface area contributed by atoms with Crippen LogP contribution >= 0.6 is 0 Å². The summed E-state index contributed by atoms with van der Waals surface area (Å²) in [5.74, 6) is 0.778. The van der Waals surface area contributed by atoms with Crippen molar-refractivity contribution < 1.29 is 9.53 Å². The molecule has 10 nitrogen and oxygen atoms in total. The SMILES string of the molecule is O=C(NCc1ccnc(OCCCc2ncn[nH]2)c1)c1nc2ccccc2c(=O)[nH]1. The van der Waals surface area contributed by atoms with Gasteiger partial charge in [0.05, 0.1) is 17.5 Å². The van der Waals surface area contributed by atoms with Gasteiger partial charge in [0.1, 0.15) is 12.2 Å². The molecule has 1 aromatic carbocycles. The average Bonchev–Trinajstić information content (AvgIpc) is 3.29. The van der Waals surface area contributed by atoms with Gasteiger partial charge in [-0.25, -0.2) is 15.0 Å². The molecule has 4 rings (SSSR count). The molecule has 4 aromatic rings. The predicted octanol–water partition coefficient (Wildman–Crippen LogP) is 1.38. The lowest BCUT2D eigenvalue weighted by Gasteiger charge is -2.08. The van der Waals surface area contributed by atoms with Gasteiger partial charge in [0.15, 0.2) is 5.82 Å². The van der Waals surface area contributed by atoms with Crippen LogP contribution in [0.25, 0.3) is 10.9 Å². The molecule has 0 unspecified atom stereocenters. The number of hydrogen-bond acceptors (Lipinski definition) is 7. The summed E-state index contributed by atoms with van der Waals surface area (Å²) < 4.78 is 5.65. The van der Waals surface area contributed by atoms with Crippen LogP contribution in [0.4, 0.5) is 0 Å². The normalized spacial score (nSPS) is 10.8. The van der Waals surface area contributed by atoms with E-state index in [1.54, 1.807) is 42.6 Å². The second kappa shape index (κ2) is 8.95. The number of fused-ring (bicyclic) bond motifs is 1. The molecule has 0 spiro atoms. The van der Waals surface area contributed by atoms with Crippen molar-refractivity contribution in [1.29, 1.82) is 0 Å². The van der Waals surface area contributed by atoms with E-state index >= 15 is 0 Å². The van der Waals surface area contributed by atoms with E-state index in [1.807, 2.05) is 0 Å². The van der Waals surface area contributed by atoms with Crippen LogP contribution in [-0.4, -0.2) is 42.6 Å². The minimum absolute atomic E-state index is 0.0309. The van der Waals surface area contributed by atoms with Gasteiger partial charge in [-0.2, -0.15) is 5.10 Å². The Bertz CT molecular complexity index is 1200. The number of rotatable bonds is 8. The molecule has 0 aliphatic rings. The third-order valence-corrected chi connectivity index (χ3v) is 4.35. The van der Waals surface area contributed by atoms with Crippen LogP contribution < -0.4 is 15.6 Å². The van der Waals surface area contributed by atoms with Crippen molar-refractivity contribution in [2.45, 2.75) is 19.4 Å². The Labute approximate surface area is 170 Å². The Kier molecular flexibility index (Phi) is 5.74. The van der Waals surface area contributed by atoms with Crippen LogP contribution in [0.5, 0.6) is 5.88 Å². The molecule has 1 amide bonds. The summed E-state index contributed by atoms with van der Waals surface area (Å²) in [5, 5.41) is 9.78. The number of benzene rings is 1. The quantitative estimate of drug-likeness (QED) is 0.376. The van der Waals surface area contributed by atoms with E-state index in [-0.39, 0.29) is 17.9 Å². The first-order chi connectivity index (χ1) is 14.7. The Morgan fingerprint density at radius 1 is 1.17 bits per heavy atom. The number of nitrogens with zero attached hydrogens (tertiary/aromatic N) is 4. The zero-order valence-corrected chi connectivity index (χ0v) is 16.0. The minimum Gasteiger partial charge on any atom is -0.478 e. The zero-order valence-electron chi connectivity index (χ0n) is 16.0. The van der Waals surface area contributed by atoms with Gasteiger partial charge in [-0.1, -0.05) is 12.1 Å². The Morgan fingerprint density at radius 3 is 2.93 bits per heavy atom. The van der Waals surface area contributed by atoms with Gasteiger partial charge in [0.25, 0.3) is 11.5 Å². The number of hydrogen-bond donors (Lipinski definition) is 3. The molecule has 0 bridgehead atoms. The molecule has 152 valence electrons. The van der Waals surface area contributed by atoms with Gasteiger partial charge in [0.2, 0.25) is 5.88 Å². The Balaban J connectivity index is 1.33. The fraction of sp³-hybridized carbons (Fsp3) is 0.200. The lowest BCUT2D eigenvalue weighted by molar-refractivity contribution is 0.0940. The van der Waals surface area contributed by atoms with Gasteiger partial charge in [-0.3, -0.25) is 14.7 Å². The average molecular weight is 405 g/mol.